The van der Waals surface area contributed by atoms with Crippen LogP contribution in [0.3, 0.4) is 0 Å². The van der Waals surface area contributed by atoms with Crippen molar-refractivity contribution < 1.29 is 33.6 Å². The van der Waals surface area contributed by atoms with E-state index in [1.807, 2.05) is 54.6 Å². The minimum atomic E-state index is -0.827. The highest BCUT2D eigenvalue weighted by atomic mass is 16.6. The molecular formula is C29H34N2O7. The molecule has 1 aromatic heterocycles. The predicted octanol–water partition coefficient (Wildman–Crippen LogP) is 4.59. The van der Waals surface area contributed by atoms with Gasteiger partial charge in [0.05, 0.1) is 25.8 Å². The highest BCUT2D eigenvalue weighted by Gasteiger charge is 2.43. The highest BCUT2D eigenvalue weighted by Crippen LogP contribution is 2.36. The normalized spacial score (nSPS) is 17.3. The second-order valence-corrected chi connectivity index (χ2v) is 10.1. The third-order valence-corrected chi connectivity index (χ3v) is 6.05. The van der Waals surface area contributed by atoms with E-state index in [9.17, 15) is 9.59 Å². The number of carbonyl (C=O) groups is 2. The van der Waals surface area contributed by atoms with Crippen molar-refractivity contribution in [2.45, 2.75) is 51.4 Å². The monoisotopic (exact) mass is 522 g/mol. The Balaban J connectivity index is 1.66. The number of carbonyl (C=O) groups excluding carboxylic acids is 2. The van der Waals surface area contributed by atoms with Crippen LogP contribution in [0.2, 0.25) is 0 Å². The summed E-state index contributed by atoms with van der Waals surface area (Å²) in [5.74, 6) is 0.523. The maximum Gasteiger partial charge on any atom is 0.411 e. The first-order valence-electron chi connectivity index (χ1n) is 12.7. The largest absolute Gasteiger partial charge is 0.493 e. The van der Waals surface area contributed by atoms with E-state index >= 15 is 0 Å². The van der Waals surface area contributed by atoms with Crippen LogP contribution in [0.25, 0.3) is 22.0 Å². The van der Waals surface area contributed by atoms with E-state index in [1.54, 1.807) is 20.8 Å². The lowest BCUT2D eigenvalue weighted by atomic mass is 10.0. The lowest BCUT2D eigenvalue weighted by Gasteiger charge is -2.27. The number of rotatable bonds is 8. The minimum Gasteiger partial charge on any atom is -0.493 e. The van der Waals surface area contributed by atoms with Crippen molar-refractivity contribution in [1.82, 2.24) is 9.88 Å². The number of fused-ring (bicyclic) bond motifs is 1. The lowest BCUT2D eigenvalue weighted by molar-refractivity contribution is -0.145. The number of nitrogens with zero attached hydrogens (tertiary/aromatic N) is 2. The molecule has 3 aromatic rings. The third-order valence-electron chi connectivity index (χ3n) is 6.05. The van der Waals surface area contributed by atoms with Crippen LogP contribution in [-0.4, -0.2) is 71.7 Å². The second kappa shape index (κ2) is 11.7. The number of hydrogen-bond donors (Lipinski definition) is 1. The van der Waals surface area contributed by atoms with Gasteiger partial charge in [-0.15, -0.1) is 0 Å². The summed E-state index contributed by atoms with van der Waals surface area (Å²) >= 11 is 0. The maximum atomic E-state index is 12.9. The smallest absolute Gasteiger partial charge is 0.411 e. The van der Waals surface area contributed by atoms with Crippen LogP contribution >= 0.6 is 0 Å². The topological polar surface area (TPSA) is 107 Å². The summed E-state index contributed by atoms with van der Waals surface area (Å²) in [6, 6.07) is 16.5. The molecule has 1 saturated heterocycles. The molecule has 0 saturated carbocycles. The molecule has 2 heterocycles. The fraction of sp³-hybridized carbons (Fsp3) is 0.414. The molecule has 1 N–H and O–H groups in total. The van der Waals surface area contributed by atoms with Gasteiger partial charge in [-0.3, -0.25) is 4.90 Å². The number of para-hydroxylation sites is 1. The molecule has 1 amide bonds. The first-order chi connectivity index (χ1) is 18.2. The Morgan fingerprint density at radius 3 is 2.63 bits per heavy atom. The summed E-state index contributed by atoms with van der Waals surface area (Å²) in [5.41, 5.74) is 1.63. The Morgan fingerprint density at radius 1 is 1.11 bits per heavy atom. The molecule has 2 atom stereocenters. The van der Waals surface area contributed by atoms with Crippen LogP contribution in [0.1, 0.15) is 33.6 Å². The molecule has 0 radical (unpaired) electrons. The van der Waals surface area contributed by atoms with Gasteiger partial charge in [-0.25, -0.2) is 14.6 Å². The van der Waals surface area contributed by atoms with Gasteiger partial charge in [0.15, 0.2) is 0 Å². The summed E-state index contributed by atoms with van der Waals surface area (Å²) in [6.07, 6.45) is -0.334. The Hall–Kier alpha value is -3.85. The lowest BCUT2D eigenvalue weighted by Crippen LogP contribution is -2.44. The standard InChI is InChI=1S/C29H34N2O7/c1-29(2,3)38-28(34)31-18-22(17-25(31)27(33)35-4)37-26-23(16-20-9-5-6-12-24(20)30-26)19-10-7-11-21(15-19)36-14-8-13-32/h5-7,9-12,15-16,22,25,32H,8,13-14,17-18H2,1-4H3/t22-,25+/m1/s1. The fourth-order valence-electron chi connectivity index (χ4n) is 4.33. The average molecular weight is 523 g/mol. The van der Waals surface area contributed by atoms with Gasteiger partial charge in [0.1, 0.15) is 23.5 Å². The van der Waals surface area contributed by atoms with E-state index < -0.39 is 29.8 Å². The van der Waals surface area contributed by atoms with E-state index in [-0.39, 0.29) is 19.6 Å². The number of likely N-dealkylation sites (tertiary alicyclic amines) is 1. The molecular weight excluding hydrogens is 488 g/mol. The zero-order valence-electron chi connectivity index (χ0n) is 22.2. The molecule has 38 heavy (non-hydrogen) atoms. The van der Waals surface area contributed by atoms with Crippen LogP contribution in [-0.2, 0) is 14.3 Å². The molecule has 0 bridgehead atoms. The van der Waals surface area contributed by atoms with Gasteiger partial charge < -0.3 is 24.1 Å². The van der Waals surface area contributed by atoms with Crippen molar-refractivity contribution in [2.75, 3.05) is 26.9 Å². The van der Waals surface area contributed by atoms with E-state index in [2.05, 4.69) is 0 Å². The number of benzene rings is 2. The van der Waals surface area contributed by atoms with Crippen LogP contribution in [0.15, 0.2) is 54.6 Å². The third kappa shape index (κ3) is 6.52. The van der Waals surface area contributed by atoms with Crippen molar-refractivity contribution in [3.05, 3.63) is 54.6 Å². The molecule has 1 aliphatic heterocycles. The van der Waals surface area contributed by atoms with E-state index in [0.717, 1.165) is 22.0 Å². The van der Waals surface area contributed by atoms with E-state index in [4.69, 9.17) is 29.0 Å². The number of methoxy groups -OCH3 is 1. The number of aliphatic hydroxyl groups excluding tert-OH is 1. The molecule has 9 heteroatoms. The summed E-state index contributed by atoms with van der Waals surface area (Å²) in [7, 11) is 1.29. The van der Waals surface area contributed by atoms with E-state index in [1.165, 1.54) is 12.0 Å². The van der Waals surface area contributed by atoms with Crippen LogP contribution in [0, 0.1) is 0 Å². The van der Waals surface area contributed by atoms with Gasteiger partial charge in [-0.05, 0) is 50.6 Å². The molecule has 9 nitrogen and oxygen atoms in total. The second-order valence-electron chi connectivity index (χ2n) is 10.1. The number of aliphatic hydroxyl groups is 1. The highest BCUT2D eigenvalue weighted by molar-refractivity contribution is 5.86. The van der Waals surface area contributed by atoms with Crippen molar-refractivity contribution in [1.29, 1.82) is 0 Å². The SMILES string of the molecule is COC(=O)[C@@H]1C[C@@H](Oc2nc3ccccc3cc2-c2cccc(OCCCO)c2)CN1C(=O)OC(C)(C)C. The van der Waals surface area contributed by atoms with Gasteiger partial charge in [0.2, 0.25) is 5.88 Å². The van der Waals surface area contributed by atoms with Gasteiger partial charge in [-0.1, -0.05) is 30.3 Å². The molecule has 0 spiro atoms. The summed E-state index contributed by atoms with van der Waals surface area (Å²) < 4.78 is 22.7. The van der Waals surface area contributed by atoms with Gasteiger partial charge in [0, 0.05) is 30.4 Å². The quantitative estimate of drug-likeness (QED) is 0.338. The number of pyridine rings is 1. The zero-order valence-corrected chi connectivity index (χ0v) is 22.2. The summed E-state index contributed by atoms with van der Waals surface area (Å²) in [4.78, 5) is 31.6. The van der Waals surface area contributed by atoms with Crippen LogP contribution < -0.4 is 9.47 Å². The van der Waals surface area contributed by atoms with Crippen LogP contribution in [0.5, 0.6) is 11.6 Å². The maximum absolute atomic E-state index is 12.9. The molecule has 0 aliphatic carbocycles. The molecule has 2 aromatic carbocycles. The minimum absolute atomic E-state index is 0.0561. The Labute approximate surface area is 222 Å². The first kappa shape index (κ1) is 27.2. The molecule has 1 fully saturated rings. The van der Waals surface area contributed by atoms with Crippen molar-refractivity contribution >= 4 is 23.0 Å². The number of hydrogen-bond acceptors (Lipinski definition) is 8. The Morgan fingerprint density at radius 2 is 1.89 bits per heavy atom. The number of ether oxygens (including phenoxy) is 4. The summed E-state index contributed by atoms with van der Waals surface area (Å²) in [5, 5.41) is 10.0. The predicted molar refractivity (Wildman–Crippen MR) is 142 cm³/mol. The first-order valence-corrected chi connectivity index (χ1v) is 12.7. The number of amides is 1. The van der Waals surface area contributed by atoms with Crippen molar-refractivity contribution in [2.24, 2.45) is 0 Å². The fourth-order valence-corrected chi connectivity index (χ4v) is 4.33. The Kier molecular flexibility index (Phi) is 8.36. The number of aromatic nitrogens is 1. The van der Waals surface area contributed by atoms with Crippen molar-refractivity contribution in [3.8, 4) is 22.8 Å². The van der Waals surface area contributed by atoms with Gasteiger partial charge in [-0.2, -0.15) is 0 Å². The average Bonchev–Trinajstić information content (AvgIpc) is 3.31. The van der Waals surface area contributed by atoms with Crippen LogP contribution in [0.4, 0.5) is 4.79 Å². The van der Waals surface area contributed by atoms with E-state index in [0.29, 0.717) is 24.7 Å². The molecule has 0 unspecified atom stereocenters. The molecule has 4 rings (SSSR count). The van der Waals surface area contributed by atoms with Crippen molar-refractivity contribution in [3.63, 3.8) is 0 Å². The molecule has 202 valence electrons. The van der Waals surface area contributed by atoms with Gasteiger partial charge in [0.25, 0.3) is 0 Å². The summed E-state index contributed by atoms with van der Waals surface area (Å²) in [6.45, 7) is 5.92. The Bertz CT molecular complexity index is 1290. The molecule has 1 aliphatic rings. The number of esters is 1. The zero-order chi connectivity index (χ0) is 27.3. The van der Waals surface area contributed by atoms with Gasteiger partial charge >= 0.3 is 12.1 Å².